The second-order valence-corrected chi connectivity index (χ2v) is 4.92. The third-order valence-corrected chi connectivity index (χ3v) is 3.69. The van der Waals surface area contributed by atoms with Gasteiger partial charge in [-0.25, -0.2) is 9.50 Å². The summed E-state index contributed by atoms with van der Waals surface area (Å²) in [5.41, 5.74) is 2.03. The van der Waals surface area contributed by atoms with Crippen LogP contribution >= 0.6 is 0 Å². The summed E-state index contributed by atoms with van der Waals surface area (Å²) in [6, 6.07) is 16.3. The maximum Gasteiger partial charge on any atom is 0.234 e. The number of benzene rings is 1. The van der Waals surface area contributed by atoms with E-state index in [2.05, 4.69) is 34.0 Å². The standard InChI is InChI=1S/C16H15N5/c1-12(13-6-4-3-5-7-13)20(2)15-9-8-14-11-18-16(10-17)21(14)19-15/h3-9,11-12H,1-2H3/t12-/m0/s1. The molecule has 2 aromatic heterocycles. The van der Waals surface area contributed by atoms with E-state index in [9.17, 15) is 0 Å². The molecule has 1 atom stereocenters. The van der Waals surface area contributed by atoms with Crippen molar-refractivity contribution in [1.82, 2.24) is 14.6 Å². The summed E-state index contributed by atoms with van der Waals surface area (Å²) in [6.45, 7) is 2.13. The van der Waals surface area contributed by atoms with Crippen molar-refractivity contribution in [2.24, 2.45) is 0 Å². The zero-order valence-corrected chi connectivity index (χ0v) is 11.9. The van der Waals surface area contributed by atoms with E-state index < -0.39 is 0 Å². The Morgan fingerprint density at radius 1 is 1.19 bits per heavy atom. The molecule has 0 spiro atoms. The number of rotatable bonds is 3. The molecule has 2 heterocycles. The van der Waals surface area contributed by atoms with Crippen LogP contribution in [0.5, 0.6) is 0 Å². The van der Waals surface area contributed by atoms with E-state index in [-0.39, 0.29) is 6.04 Å². The van der Waals surface area contributed by atoms with Gasteiger partial charge >= 0.3 is 0 Å². The average Bonchev–Trinajstić information content (AvgIpc) is 2.96. The normalized spacial score (nSPS) is 12.0. The summed E-state index contributed by atoms with van der Waals surface area (Å²) >= 11 is 0. The van der Waals surface area contributed by atoms with E-state index in [1.54, 1.807) is 10.7 Å². The lowest BCUT2D eigenvalue weighted by Crippen LogP contribution is -2.23. The molecular weight excluding hydrogens is 262 g/mol. The zero-order valence-electron chi connectivity index (χ0n) is 11.9. The molecule has 0 aliphatic carbocycles. The van der Waals surface area contributed by atoms with Crippen LogP contribution in [0, 0.1) is 11.3 Å². The van der Waals surface area contributed by atoms with Crippen LogP contribution in [0.15, 0.2) is 48.7 Å². The van der Waals surface area contributed by atoms with Crippen LogP contribution in [-0.2, 0) is 0 Å². The van der Waals surface area contributed by atoms with Crippen LogP contribution in [0.1, 0.15) is 24.4 Å². The number of nitrogens with zero attached hydrogens (tertiary/aromatic N) is 5. The molecule has 3 aromatic rings. The largest absolute Gasteiger partial charge is 0.351 e. The van der Waals surface area contributed by atoms with Crippen molar-refractivity contribution < 1.29 is 0 Å². The summed E-state index contributed by atoms with van der Waals surface area (Å²) < 4.78 is 1.57. The number of anilines is 1. The minimum Gasteiger partial charge on any atom is -0.351 e. The van der Waals surface area contributed by atoms with E-state index in [1.165, 1.54) is 5.56 Å². The number of hydrogen-bond acceptors (Lipinski definition) is 4. The minimum absolute atomic E-state index is 0.185. The molecular formula is C16H15N5. The van der Waals surface area contributed by atoms with Crippen molar-refractivity contribution in [3.8, 4) is 6.07 Å². The lowest BCUT2D eigenvalue weighted by atomic mass is 10.1. The molecule has 0 unspecified atom stereocenters. The van der Waals surface area contributed by atoms with Gasteiger partial charge in [0.15, 0.2) is 0 Å². The monoisotopic (exact) mass is 277 g/mol. The van der Waals surface area contributed by atoms with Crippen molar-refractivity contribution in [2.75, 3.05) is 11.9 Å². The van der Waals surface area contributed by atoms with Crippen LogP contribution in [0.25, 0.3) is 5.52 Å². The fourth-order valence-corrected chi connectivity index (χ4v) is 2.29. The molecule has 0 aliphatic rings. The van der Waals surface area contributed by atoms with Gasteiger partial charge in [-0.15, -0.1) is 5.10 Å². The first-order chi connectivity index (χ1) is 10.2. The molecule has 5 nitrogen and oxygen atoms in total. The fourth-order valence-electron chi connectivity index (χ4n) is 2.29. The smallest absolute Gasteiger partial charge is 0.234 e. The highest BCUT2D eigenvalue weighted by Crippen LogP contribution is 2.23. The van der Waals surface area contributed by atoms with E-state index in [0.717, 1.165) is 11.3 Å². The Morgan fingerprint density at radius 2 is 1.95 bits per heavy atom. The highest BCUT2D eigenvalue weighted by atomic mass is 15.3. The number of nitriles is 1. The van der Waals surface area contributed by atoms with Crippen molar-refractivity contribution in [2.45, 2.75) is 13.0 Å². The van der Waals surface area contributed by atoms with Crippen molar-refractivity contribution in [3.05, 3.63) is 60.0 Å². The first-order valence-corrected chi connectivity index (χ1v) is 6.73. The lowest BCUT2D eigenvalue weighted by molar-refractivity contribution is 0.713. The Bertz CT molecular complexity index is 800. The second-order valence-electron chi connectivity index (χ2n) is 4.92. The van der Waals surface area contributed by atoms with Crippen LogP contribution in [-0.4, -0.2) is 21.6 Å². The minimum atomic E-state index is 0.185. The van der Waals surface area contributed by atoms with Gasteiger partial charge in [-0.3, -0.25) is 0 Å². The molecule has 0 aliphatic heterocycles. The summed E-state index contributed by atoms with van der Waals surface area (Å²) in [4.78, 5) is 6.12. The SMILES string of the molecule is C[C@@H](c1ccccc1)N(C)c1ccc2cnc(C#N)n2n1. The third kappa shape index (κ3) is 2.32. The molecule has 1 aromatic carbocycles. The Hall–Kier alpha value is -2.87. The summed E-state index contributed by atoms with van der Waals surface area (Å²) in [7, 11) is 1.99. The highest BCUT2D eigenvalue weighted by molar-refractivity contribution is 5.52. The fraction of sp³-hybridized carbons (Fsp3) is 0.188. The predicted molar refractivity (Wildman–Crippen MR) is 81.0 cm³/mol. The summed E-state index contributed by atoms with van der Waals surface area (Å²) in [5, 5.41) is 13.6. The average molecular weight is 277 g/mol. The maximum absolute atomic E-state index is 9.05. The molecule has 0 N–H and O–H groups in total. The molecule has 0 amide bonds. The molecule has 21 heavy (non-hydrogen) atoms. The third-order valence-electron chi connectivity index (χ3n) is 3.69. The van der Waals surface area contributed by atoms with Gasteiger partial charge in [0, 0.05) is 7.05 Å². The summed E-state index contributed by atoms with van der Waals surface area (Å²) in [6.07, 6.45) is 1.65. The van der Waals surface area contributed by atoms with Crippen molar-refractivity contribution >= 4 is 11.3 Å². The molecule has 0 bridgehead atoms. The van der Waals surface area contributed by atoms with E-state index in [0.29, 0.717) is 5.82 Å². The summed E-state index contributed by atoms with van der Waals surface area (Å²) in [5.74, 6) is 1.10. The lowest BCUT2D eigenvalue weighted by Gasteiger charge is -2.26. The molecule has 0 fully saturated rings. The van der Waals surface area contributed by atoms with Crippen LogP contribution in [0.3, 0.4) is 0 Å². The second kappa shape index (κ2) is 5.25. The number of hydrogen-bond donors (Lipinski definition) is 0. The molecule has 104 valence electrons. The van der Waals surface area contributed by atoms with Crippen LogP contribution in [0.4, 0.5) is 5.82 Å². The van der Waals surface area contributed by atoms with E-state index in [1.807, 2.05) is 43.4 Å². The topological polar surface area (TPSA) is 57.2 Å². The van der Waals surface area contributed by atoms with Crippen LogP contribution in [0.2, 0.25) is 0 Å². The van der Waals surface area contributed by atoms with E-state index >= 15 is 0 Å². The molecule has 3 rings (SSSR count). The molecule has 0 saturated carbocycles. The highest BCUT2D eigenvalue weighted by Gasteiger charge is 2.14. The van der Waals surface area contributed by atoms with E-state index in [4.69, 9.17) is 5.26 Å². The number of fused-ring (bicyclic) bond motifs is 1. The van der Waals surface area contributed by atoms with Gasteiger partial charge in [-0.2, -0.15) is 5.26 Å². The Morgan fingerprint density at radius 3 is 2.67 bits per heavy atom. The van der Waals surface area contributed by atoms with Gasteiger partial charge in [-0.1, -0.05) is 30.3 Å². The molecule has 0 radical (unpaired) electrons. The Labute approximate surface area is 123 Å². The first kappa shape index (κ1) is 13.1. The van der Waals surface area contributed by atoms with Gasteiger partial charge < -0.3 is 4.90 Å². The number of imidazole rings is 1. The van der Waals surface area contributed by atoms with Gasteiger partial charge in [0.25, 0.3) is 0 Å². The number of aromatic nitrogens is 3. The molecule has 0 saturated heterocycles. The van der Waals surface area contributed by atoms with Crippen molar-refractivity contribution in [3.63, 3.8) is 0 Å². The van der Waals surface area contributed by atoms with Gasteiger partial charge in [0.05, 0.1) is 17.8 Å². The Balaban J connectivity index is 1.98. The first-order valence-electron chi connectivity index (χ1n) is 6.73. The van der Waals surface area contributed by atoms with Crippen molar-refractivity contribution in [1.29, 1.82) is 5.26 Å². The van der Waals surface area contributed by atoms with Gasteiger partial charge in [-0.05, 0) is 24.6 Å². The van der Waals surface area contributed by atoms with Gasteiger partial charge in [0.2, 0.25) is 5.82 Å². The quantitative estimate of drug-likeness (QED) is 0.738. The van der Waals surface area contributed by atoms with Gasteiger partial charge in [0.1, 0.15) is 11.9 Å². The van der Waals surface area contributed by atoms with Crippen LogP contribution < -0.4 is 4.90 Å². The maximum atomic E-state index is 9.05. The molecule has 5 heteroatoms. The zero-order chi connectivity index (χ0) is 14.8. The predicted octanol–water partition coefficient (Wildman–Crippen LogP) is 2.80. The Kier molecular flexibility index (Phi) is 3.28.